The minimum absolute atomic E-state index is 0.244. The van der Waals surface area contributed by atoms with Crippen LogP contribution in [-0.4, -0.2) is 40.9 Å². The van der Waals surface area contributed by atoms with Gasteiger partial charge < -0.3 is 19.9 Å². The van der Waals surface area contributed by atoms with Crippen molar-refractivity contribution in [2.24, 2.45) is 0 Å². The summed E-state index contributed by atoms with van der Waals surface area (Å²) in [6, 6.07) is 13.6. The molecule has 0 spiro atoms. The zero-order valence-electron chi connectivity index (χ0n) is 16.0. The van der Waals surface area contributed by atoms with Crippen LogP contribution in [0.4, 0.5) is 10.8 Å². The predicted octanol–water partition coefficient (Wildman–Crippen LogP) is 4.44. The van der Waals surface area contributed by atoms with E-state index in [1.807, 2.05) is 56.3 Å². The van der Waals surface area contributed by atoms with Crippen molar-refractivity contribution >= 4 is 33.9 Å². The highest BCUT2D eigenvalue weighted by atomic mass is 32.2. The van der Waals surface area contributed by atoms with Crippen molar-refractivity contribution in [3.05, 3.63) is 53.6 Å². The van der Waals surface area contributed by atoms with Gasteiger partial charge in [-0.3, -0.25) is 0 Å². The van der Waals surface area contributed by atoms with Gasteiger partial charge in [0.1, 0.15) is 18.1 Å². The van der Waals surface area contributed by atoms with E-state index in [0.29, 0.717) is 10.9 Å². The number of aromatic nitrogens is 2. The maximum atomic E-state index is 10.2. The summed E-state index contributed by atoms with van der Waals surface area (Å²) in [5, 5.41) is 22.4. The number of hydrogen-bond donors (Lipinski definition) is 2. The molecule has 6 nitrogen and oxygen atoms in total. The van der Waals surface area contributed by atoms with Gasteiger partial charge >= 0.3 is 0 Å². The number of thioether (sulfide) groups is 1. The summed E-state index contributed by atoms with van der Waals surface area (Å²) in [5.74, 6) is 2.13. The monoisotopic (exact) mass is 417 g/mol. The third-order valence-corrected chi connectivity index (χ3v) is 6.09. The van der Waals surface area contributed by atoms with Crippen LogP contribution in [0, 0.1) is 13.8 Å². The van der Waals surface area contributed by atoms with Gasteiger partial charge in [-0.1, -0.05) is 41.3 Å². The number of anilines is 2. The molecule has 2 aromatic carbocycles. The van der Waals surface area contributed by atoms with Crippen molar-refractivity contribution in [1.29, 1.82) is 0 Å². The molecular formula is C20H23N3O3S2. The Morgan fingerprint density at radius 2 is 1.82 bits per heavy atom. The number of para-hydroxylation sites is 1. The smallest absolute Gasteiger partial charge is 0.210 e. The summed E-state index contributed by atoms with van der Waals surface area (Å²) in [6.45, 7) is 4.25. The first-order chi connectivity index (χ1) is 13.5. The van der Waals surface area contributed by atoms with E-state index in [4.69, 9.17) is 9.47 Å². The summed E-state index contributed by atoms with van der Waals surface area (Å²) in [4.78, 5) is 0. The summed E-state index contributed by atoms with van der Waals surface area (Å²) in [6.07, 6.45) is -0.592. The van der Waals surface area contributed by atoms with Crippen molar-refractivity contribution in [3.8, 4) is 11.5 Å². The van der Waals surface area contributed by atoms with Gasteiger partial charge in [-0.2, -0.15) is 0 Å². The molecule has 28 heavy (non-hydrogen) atoms. The molecule has 0 aliphatic rings. The Morgan fingerprint density at radius 1 is 1.11 bits per heavy atom. The predicted molar refractivity (Wildman–Crippen MR) is 114 cm³/mol. The first-order valence-electron chi connectivity index (χ1n) is 8.79. The second-order valence-corrected chi connectivity index (χ2v) is 8.47. The fraction of sp³-hybridized carbons (Fsp3) is 0.300. The molecule has 3 rings (SSSR count). The Bertz CT molecular complexity index is 880. The quantitative estimate of drug-likeness (QED) is 0.499. The van der Waals surface area contributed by atoms with Crippen LogP contribution in [0.3, 0.4) is 0 Å². The molecule has 0 bridgehead atoms. The van der Waals surface area contributed by atoms with Gasteiger partial charge in [-0.25, -0.2) is 0 Å². The van der Waals surface area contributed by atoms with E-state index in [1.54, 1.807) is 7.11 Å². The first kappa shape index (κ1) is 20.4. The van der Waals surface area contributed by atoms with Gasteiger partial charge in [0.25, 0.3) is 0 Å². The molecule has 2 N–H and O–H groups in total. The van der Waals surface area contributed by atoms with E-state index >= 15 is 0 Å². The van der Waals surface area contributed by atoms with E-state index in [2.05, 4.69) is 15.5 Å². The van der Waals surface area contributed by atoms with E-state index in [0.717, 1.165) is 32.7 Å². The molecule has 1 heterocycles. The Balaban J connectivity index is 1.47. The Labute approximate surface area is 172 Å². The van der Waals surface area contributed by atoms with Crippen LogP contribution >= 0.6 is 23.1 Å². The van der Waals surface area contributed by atoms with Gasteiger partial charge in [0.05, 0.1) is 13.2 Å². The Kier molecular flexibility index (Phi) is 7.13. The zero-order chi connectivity index (χ0) is 19.9. The number of methoxy groups -OCH3 is 1. The number of hydrogen-bond acceptors (Lipinski definition) is 8. The molecule has 0 amide bonds. The lowest BCUT2D eigenvalue weighted by atomic mass is 10.1. The normalized spacial score (nSPS) is 11.9. The molecule has 0 unspecified atom stereocenters. The lowest BCUT2D eigenvalue weighted by Gasteiger charge is -2.14. The molecule has 0 saturated heterocycles. The van der Waals surface area contributed by atoms with Crippen LogP contribution in [0.15, 0.2) is 46.8 Å². The fourth-order valence-corrected chi connectivity index (χ4v) is 4.24. The van der Waals surface area contributed by atoms with E-state index in [1.165, 1.54) is 23.1 Å². The zero-order valence-corrected chi connectivity index (χ0v) is 17.6. The standard InChI is InChI=1S/C20H23N3O3S2/c1-13-5-4-6-14(2)18(13)26-11-16(24)12-27-20-23-22-19(28-20)21-15-7-9-17(25-3)10-8-15/h4-10,16,24H,11-12H2,1-3H3,(H,21,22)/t16-/m1/s1. The number of aliphatic hydroxyl groups excluding tert-OH is 1. The van der Waals surface area contributed by atoms with E-state index < -0.39 is 6.10 Å². The molecule has 148 valence electrons. The van der Waals surface area contributed by atoms with Crippen molar-refractivity contribution in [2.45, 2.75) is 24.3 Å². The van der Waals surface area contributed by atoms with Gasteiger partial charge in [0, 0.05) is 11.4 Å². The number of aryl methyl sites for hydroxylation is 2. The second kappa shape index (κ2) is 9.77. The summed E-state index contributed by atoms with van der Waals surface area (Å²) < 4.78 is 11.7. The highest BCUT2D eigenvalue weighted by Gasteiger charge is 2.12. The number of rotatable bonds is 9. The Morgan fingerprint density at radius 3 is 2.50 bits per heavy atom. The van der Waals surface area contributed by atoms with Crippen molar-refractivity contribution < 1.29 is 14.6 Å². The lowest BCUT2D eigenvalue weighted by Crippen LogP contribution is -2.20. The molecule has 0 saturated carbocycles. The summed E-state index contributed by atoms with van der Waals surface area (Å²) in [5.41, 5.74) is 3.05. The molecule has 1 atom stereocenters. The number of nitrogens with one attached hydrogen (secondary N) is 1. The van der Waals surface area contributed by atoms with Gasteiger partial charge in [0.2, 0.25) is 5.13 Å². The third-order valence-electron chi connectivity index (χ3n) is 3.98. The topological polar surface area (TPSA) is 76.5 Å². The van der Waals surface area contributed by atoms with Crippen molar-refractivity contribution in [1.82, 2.24) is 10.2 Å². The van der Waals surface area contributed by atoms with Crippen LogP contribution < -0.4 is 14.8 Å². The van der Waals surface area contributed by atoms with Crippen molar-refractivity contribution in [3.63, 3.8) is 0 Å². The largest absolute Gasteiger partial charge is 0.497 e. The Hall–Kier alpha value is -2.29. The summed E-state index contributed by atoms with van der Waals surface area (Å²) in [7, 11) is 1.64. The average molecular weight is 418 g/mol. The molecule has 3 aromatic rings. The molecule has 8 heteroatoms. The SMILES string of the molecule is COc1ccc(Nc2nnc(SC[C@H](O)COc3c(C)cccc3C)s2)cc1. The molecule has 0 radical (unpaired) electrons. The van der Waals surface area contributed by atoms with E-state index in [9.17, 15) is 5.11 Å². The maximum absolute atomic E-state index is 10.2. The van der Waals surface area contributed by atoms with Crippen LogP contribution in [0.25, 0.3) is 0 Å². The molecule has 0 aliphatic heterocycles. The average Bonchev–Trinajstić information content (AvgIpc) is 3.14. The first-order valence-corrected chi connectivity index (χ1v) is 10.6. The second-order valence-electron chi connectivity index (χ2n) is 6.22. The minimum Gasteiger partial charge on any atom is -0.497 e. The van der Waals surface area contributed by atoms with E-state index in [-0.39, 0.29) is 6.61 Å². The summed E-state index contributed by atoms with van der Waals surface area (Å²) >= 11 is 2.91. The lowest BCUT2D eigenvalue weighted by molar-refractivity contribution is 0.125. The number of benzene rings is 2. The third kappa shape index (κ3) is 5.60. The minimum atomic E-state index is -0.592. The van der Waals surface area contributed by atoms with Gasteiger partial charge in [-0.15, -0.1) is 10.2 Å². The number of aliphatic hydroxyl groups is 1. The number of nitrogens with zero attached hydrogens (tertiary/aromatic N) is 2. The molecule has 0 fully saturated rings. The van der Waals surface area contributed by atoms with Gasteiger partial charge in [-0.05, 0) is 49.2 Å². The maximum Gasteiger partial charge on any atom is 0.210 e. The highest BCUT2D eigenvalue weighted by Crippen LogP contribution is 2.29. The van der Waals surface area contributed by atoms with Crippen LogP contribution in [0.5, 0.6) is 11.5 Å². The van der Waals surface area contributed by atoms with Crippen LogP contribution in [0.2, 0.25) is 0 Å². The van der Waals surface area contributed by atoms with Crippen LogP contribution in [0.1, 0.15) is 11.1 Å². The number of ether oxygens (including phenoxy) is 2. The van der Waals surface area contributed by atoms with Gasteiger partial charge in [0.15, 0.2) is 4.34 Å². The molecular weight excluding hydrogens is 394 g/mol. The van der Waals surface area contributed by atoms with Crippen LogP contribution in [-0.2, 0) is 0 Å². The van der Waals surface area contributed by atoms with Crippen molar-refractivity contribution in [2.75, 3.05) is 24.8 Å². The fourth-order valence-electron chi connectivity index (χ4n) is 2.54. The molecule has 0 aliphatic carbocycles. The molecule has 1 aromatic heterocycles. The highest BCUT2D eigenvalue weighted by molar-refractivity contribution is 8.01.